The number of ether oxygens (including phenoxy) is 4. The van der Waals surface area contributed by atoms with E-state index in [-0.39, 0.29) is 37.0 Å². The molecule has 0 aromatic heterocycles. The van der Waals surface area contributed by atoms with Gasteiger partial charge in [-0.25, -0.2) is 0 Å². The van der Waals surface area contributed by atoms with Crippen molar-refractivity contribution in [3.8, 4) is 0 Å². The number of nitrogens with one attached hydrogen (secondary N) is 1. The summed E-state index contributed by atoms with van der Waals surface area (Å²) in [5, 5.41) is 2.76. The Morgan fingerprint density at radius 3 is 2.04 bits per heavy atom. The van der Waals surface area contributed by atoms with Gasteiger partial charge < -0.3 is 38.1 Å². The van der Waals surface area contributed by atoms with Crippen LogP contribution < -0.4 is 5.32 Å². The van der Waals surface area contributed by atoms with Gasteiger partial charge in [0.2, 0.25) is 5.91 Å². The summed E-state index contributed by atoms with van der Waals surface area (Å²) in [6.07, 6.45) is 3.18. The van der Waals surface area contributed by atoms with Gasteiger partial charge in [-0.05, 0) is 6.42 Å². The summed E-state index contributed by atoms with van der Waals surface area (Å²) < 4.78 is 20.1. The minimum atomic E-state index is 0. The maximum Gasteiger partial charge on any atom is 2.00 e. The molecule has 0 aliphatic carbocycles. The predicted octanol–water partition coefficient (Wildman–Crippen LogP) is 1.81. The summed E-state index contributed by atoms with van der Waals surface area (Å²) in [6, 6.07) is 0. The molecule has 0 saturated carbocycles. The van der Waals surface area contributed by atoms with E-state index in [0.717, 1.165) is 6.42 Å². The van der Waals surface area contributed by atoms with E-state index in [1.54, 1.807) is 6.08 Å². The molecule has 0 atom stereocenters. The first-order chi connectivity index (χ1) is 11.2. The zero-order valence-electron chi connectivity index (χ0n) is 15.0. The minimum Gasteiger partial charge on any atom is -0.411 e. The average molecular weight is 569 g/mol. The Balaban J connectivity index is -0.000000385. The van der Waals surface area contributed by atoms with E-state index in [9.17, 15) is 4.79 Å². The number of carbonyl (C=O) groups is 1. The Labute approximate surface area is 171 Å². The van der Waals surface area contributed by atoms with Crippen molar-refractivity contribution in [1.82, 2.24) is 5.32 Å². The molecule has 6 nitrogen and oxygen atoms in total. The first-order valence-corrected chi connectivity index (χ1v) is 7.99. The molecular formula is C17H33NO5U. The van der Waals surface area contributed by atoms with Crippen molar-refractivity contribution in [3.05, 3.63) is 26.5 Å². The molecule has 0 heterocycles. The molecule has 24 heavy (non-hydrogen) atoms. The van der Waals surface area contributed by atoms with Gasteiger partial charge in [-0.3, -0.25) is 4.79 Å². The number of amides is 1. The molecule has 0 aliphatic heterocycles. The first-order valence-electron chi connectivity index (χ1n) is 7.99. The van der Waals surface area contributed by atoms with Crippen LogP contribution in [0, 0.1) is 45.0 Å². The summed E-state index contributed by atoms with van der Waals surface area (Å²) in [5.74, 6) is 0.0881. The SMILES string of the molecule is C=CCOCCOC[CH2-].[CH2-]COCCOCCNC(=O)CCC.[U+2]. The normalized spacial score (nSPS) is 9.46. The van der Waals surface area contributed by atoms with E-state index in [2.05, 4.69) is 25.7 Å². The molecule has 0 unspecified atom stereocenters. The average Bonchev–Trinajstić information content (AvgIpc) is 2.55. The zero-order chi connectivity index (χ0) is 17.6. The van der Waals surface area contributed by atoms with Gasteiger partial charge in [-0.1, -0.05) is 26.2 Å². The van der Waals surface area contributed by atoms with Crippen LogP contribution in [-0.4, -0.2) is 65.3 Å². The van der Waals surface area contributed by atoms with E-state index in [4.69, 9.17) is 18.9 Å². The summed E-state index contributed by atoms with van der Waals surface area (Å²) >= 11 is 0. The molecule has 0 saturated heterocycles. The van der Waals surface area contributed by atoms with Crippen molar-refractivity contribution < 1.29 is 54.9 Å². The topological polar surface area (TPSA) is 66.0 Å². The third-order valence-corrected chi connectivity index (χ3v) is 2.31. The molecule has 0 fully saturated rings. The Kier molecular flexibility index (Phi) is 33.6. The molecule has 0 spiro atoms. The maximum absolute atomic E-state index is 11.0. The number of carbonyl (C=O) groups excluding carboxylic acids is 1. The quantitative estimate of drug-likeness (QED) is 0.185. The van der Waals surface area contributed by atoms with Crippen LogP contribution in [0.2, 0.25) is 0 Å². The number of hydrogen-bond donors (Lipinski definition) is 1. The van der Waals surface area contributed by atoms with Gasteiger partial charge in [0.1, 0.15) is 0 Å². The summed E-state index contributed by atoms with van der Waals surface area (Å²) in [5.41, 5.74) is 0. The first kappa shape index (κ1) is 28.9. The molecular weight excluding hydrogens is 536 g/mol. The molecule has 140 valence electrons. The molecule has 0 aliphatic rings. The standard InChI is InChI=1S/C10H20NO3.C7H13O2.U/c1-3-5-10(12)11-6-7-14-9-8-13-4-2;1-3-5-9-7-6-8-4-2;/h2-9H2,1H3,(H,11,12);3H,1-2,4-7H2;/q2*-1;+2. The van der Waals surface area contributed by atoms with E-state index < -0.39 is 0 Å². The fourth-order valence-corrected chi connectivity index (χ4v) is 1.29. The van der Waals surface area contributed by atoms with E-state index >= 15 is 0 Å². The van der Waals surface area contributed by atoms with Crippen LogP contribution in [0.25, 0.3) is 0 Å². The second kappa shape index (κ2) is 27.9. The largest absolute Gasteiger partial charge is 2.00 e. The molecule has 0 rings (SSSR count). The van der Waals surface area contributed by atoms with E-state index in [1.807, 2.05) is 6.92 Å². The second-order valence-corrected chi connectivity index (χ2v) is 4.30. The number of rotatable bonds is 15. The third-order valence-electron chi connectivity index (χ3n) is 2.31. The zero-order valence-corrected chi connectivity index (χ0v) is 19.2. The van der Waals surface area contributed by atoms with Gasteiger partial charge in [0, 0.05) is 13.0 Å². The van der Waals surface area contributed by atoms with Gasteiger partial charge in [0.05, 0.1) is 39.6 Å². The fraction of sp³-hybridized carbons (Fsp3) is 0.706. The minimum absolute atomic E-state index is 0. The van der Waals surface area contributed by atoms with E-state index in [1.165, 1.54) is 0 Å². The van der Waals surface area contributed by atoms with Crippen LogP contribution in [0.5, 0.6) is 0 Å². The Morgan fingerprint density at radius 1 is 1.00 bits per heavy atom. The van der Waals surface area contributed by atoms with Crippen LogP contribution >= 0.6 is 0 Å². The van der Waals surface area contributed by atoms with Crippen molar-refractivity contribution in [2.45, 2.75) is 19.8 Å². The smallest absolute Gasteiger partial charge is 0.411 e. The Bertz CT molecular complexity index is 255. The van der Waals surface area contributed by atoms with Gasteiger partial charge in [0.25, 0.3) is 0 Å². The maximum atomic E-state index is 11.0. The fourth-order valence-electron chi connectivity index (χ4n) is 1.29. The summed E-state index contributed by atoms with van der Waals surface area (Å²) in [6.45, 7) is 17.6. The monoisotopic (exact) mass is 569 g/mol. The van der Waals surface area contributed by atoms with Gasteiger partial charge in [-0.2, -0.15) is 0 Å². The predicted molar refractivity (Wildman–Crippen MR) is 92.1 cm³/mol. The van der Waals surface area contributed by atoms with E-state index in [0.29, 0.717) is 65.8 Å². The molecule has 0 bridgehead atoms. The molecule has 0 aromatic rings. The molecule has 7 heteroatoms. The third kappa shape index (κ3) is 30.0. The molecule has 0 radical (unpaired) electrons. The van der Waals surface area contributed by atoms with Gasteiger partial charge in [-0.15, -0.1) is 6.58 Å². The van der Waals surface area contributed by atoms with Crippen LogP contribution in [0.4, 0.5) is 0 Å². The van der Waals surface area contributed by atoms with Gasteiger partial charge in [0.15, 0.2) is 0 Å². The van der Waals surface area contributed by atoms with Crippen molar-refractivity contribution >= 4 is 5.91 Å². The van der Waals surface area contributed by atoms with Gasteiger partial charge >= 0.3 is 31.1 Å². The van der Waals surface area contributed by atoms with Crippen LogP contribution in [0.3, 0.4) is 0 Å². The summed E-state index contributed by atoms with van der Waals surface area (Å²) in [7, 11) is 0. The second-order valence-electron chi connectivity index (χ2n) is 4.30. The summed E-state index contributed by atoms with van der Waals surface area (Å²) in [4.78, 5) is 11.0. The van der Waals surface area contributed by atoms with Crippen molar-refractivity contribution in [1.29, 1.82) is 0 Å². The van der Waals surface area contributed by atoms with Crippen molar-refractivity contribution in [2.24, 2.45) is 0 Å². The van der Waals surface area contributed by atoms with Crippen LogP contribution in [-0.2, 0) is 23.7 Å². The van der Waals surface area contributed by atoms with Crippen molar-refractivity contribution in [3.63, 3.8) is 0 Å². The molecule has 0 aromatic carbocycles. The number of hydrogen-bond acceptors (Lipinski definition) is 5. The van der Waals surface area contributed by atoms with Crippen molar-refractivity contribution in [2.75, 3.05) is 59.4 Å². The Morgan fingerprint density at radius 2 is 1.54 bits per heavy atom. The molecule has 1 amide bonds. The van der Waals surface area contributed by atoms with Crippen LogP contribution in [0.15, 0.2) is 12.7 Å². The van der Waals surface area contributed by atoms with Crippen LogP contribution in [0.1, 0.15) is 19.8 Å². The molecule has 1 N–H and O–H groups in total. The Hall–Kier alpha value is 0.102.